The SMILES string of the molecule is CCn1cc(C(=O)O)nc1Oc1ccccc1OC. The van der Waals surface area contributed by atoms with Crippen molar-refractivity contribution in [2.24, 2.45) is 0 Å². The fourth-order valence-corrected chi connectivity index (χ4v) is 1.61. The summed E-state index contributed by atoms with van der Waals surface area (Å²) in [5.41, 5.74) is -0.0493. The molecule has 0 aliphatic carbocycles. The van der Waals surface area contributed by atoms with E-state index in [9.17, 15) is 4.79 Å². The summed E-state index contributed by atoms with van der Waals surface area (Å²) in [5, 5.41) is 8.93. The Morgan fingerprint density at radius 3 is 2.63 bits per heavy atom. The lowest BCUT2D eigenvalue weighted by atomic mass is 10.3. The van der Waals surface area contributed by atoms with Gasteiger partial charge in [-0.25, -0.2) is 4.79 Å². The molecule has 1 aromatic heterocycles. The molecule has 2 rings (SSSR count). The number of hydrogen-bond donors (Lipinski definition) is 1. The number of para-hydroxylation sites is 2. The summed E-state index contributed by atoms with van der Waals surface area (Å²) < 4.78 is 12.4. The summed E-state index contributed by atoms with van der Waals surface area (Å²) in [6.07, 6.45) is 1.44. The van der Waals surface area contributed by atoms with Gasteiger partial charge < -0.3 is 19.1 Å². The Kier molecular flexibility index (Phi) is 3.70. The molecular weight excluding hydrogens is 248 g/mol. The molecule has 1 heterocycles. The van der Waals surface area contributed by atoms with Crippen molar-refractivity contribution in [3.05, 3.63) is 36.2 Å². The van der Waals surface area contributed by atoms with Crippen LogP contribution in [0.1, 0.15) is 17.4 Å². The van der Waals surface area contributed by atoms with Gasteiger partial charge in [-0.3, -0.25) is 0 Å². The van der Waals surface area contributed by atoms with Gasteiger partial charge in [-0.15, -0.1) is 0 Å². The van der Waals surface area contributed by atoms with Gasteiger partial charge in [0.05, 0.1) is 7.11 Å². The lowest BCUT2D eigenvalue weighted by molar-refractivity contribution is 0.0690. The maximum absolute atomic E-state index is 10.9. The Bertz CT molecular complexity index is 592. The zero-order valence-electron chi connectivity index (χ0n) is 10.7. The Morgan fingerprint density at radius 1 is 1.37 bits per heavy atom. The molecule has 1 aromatic carbocycles. The van der Waals surface area contributed by atoms with Crippen LogP contribution in [0.4, 0.5) is 0 Å². The number of aryl methyl sites for hydroxylation is 1. The summed E-state index contributed by atoms with van der Waals surface area (Å²) in [5.74, 6) is -0.0376. The molecule has 19 heavy (non-hydrogen) atoms. The van der Waals surface area contributed by atoms with Crippen molar-refractivity contribution in [3.63, 3.8) is 0 Å². The normalized spacial score (nSPS) is 10.2. The third-order valence-electron chi connectivity index (χ3n) is 2.57. The number of benzene rings is 1. The van der Waals surface area contributed by atoms with Crippen LogP contribution in [0.3, 0.4) is 0 Å². The second kappa shape index (κ2) is 5.43. The van der Waals surface area contributed by atoms with E-state index in [-0.39, 0.29) is 11.7 Å². The van der Waals surface area contributed by atoms with Gasteiger partial charge in [0.25, 0.3) is 0 Å². The second-order valence-corrected chi connectivity index (χ2v) is 3.75. The molecule has 0 fully saturated rings. The quantitative estimate of drug-likeness (QED) is 0.895. The van der Waals surface area contributed by atoms with Crippen molar-refractivity contribution < 1.29 is 19.4 Å². The van der Waals surface area contributed by atoms with Crippen molar-refractivity contribution in [3.8, 4) is 17.5 Å². The van der Waals surface area contributed by atoms with E-state index in [1.807, 2.05) is 13.0 Å². The number of methoxy groups -OCH3 is 1. The summed E-state index contributed by atoms with van der Waals surface area (Å²) >= 11 is 0. The van der Waals surface area contributed by atoms with E-state index < -0.39 is 5.97 Å². The minimum absolute atomic E-state index is 0.0493. The highest BCUT2D eigenvalue weighted by molar-refractivity contribution is 5.85. The molecule has 0 bridgehead atoms. The third kappa shape index (κ3) is 2.67. The zero-order chi connectivity index (χ0) is 13.8. The van der Waals surface area contributed by atoms with Gasteiger partial charge in [-0.2, -0.15) is 4.98 Å². The topological polar surface area (TPSA) is 73.6 Å². The first-order valence-corrected chi connectivity index (χ1v) is 5.77. The molecule has 0 atom stereocenters. The first kappa shape index (κ1) is 12.9. The summed E-state index contributed by atoms with van der Waals surface area (Å²) in [4.78, 5) is 14.8. The summed E-state index contributed by atoms with van der Waals surface area (Å²) in [7, 11) is 1.54. The number of ether oxygens (including phenoxy) is 2. The van der Waals surface area contributed by atoms with E-state index in [2.05, 4.69) is 4.98 Å². The fourth-order valence-electron chi connectivity index (χ4n) is 1.61. The van der Waals surface area contributed by atoms with Gasteiger partial charge in [0, 0.05) is 12.7 Å². The first-order valence-electron chi connectivity index (χ1n) is 5.77. The Hall–Kier alpha value is -2.50. The van der Waals surface area contributed by atoms with Gasteiger partial charge in [0.2, 0.25) is 0 Å². The Balaban J connectivity index is 2.34. The molecule has 0 radical (unpaired) electrons. The van der Waals surface area contributed by atoms with E-state index in [4.69, 9.17) is 14.6 Å². The molecule has 6 heteroatoms. The monoisotopic (exact) mass is 262 g/mol. The van der Waals surface area contributed by atoms with Gasteiger partial charge >= 0.3 is 12.0 Å². The van der Waals surface area contributed by atoms with Crippen LogP contribution < -0.4 is 9.47 Å². The van der Waals surface area contributed by atoms with Gasteiger partial charge in [-0.05, 0) is 19.1 Å². The number of aromatic nitrogens is 2. The van der Waals surface area contributed by atoms with Crippen LogP contribution in [0.25, 0.3) is 0 Å². The summed E-state index contributed by atoms with van der Waals surface area (Å²) in [6, 6.07) is 7.33. The number of imidazole rings is 1. The number of carbonyl (C=O) groups is 1. The predicted molar refractivity (Wildman–Crippen MR) is 67.9 cm³/mol. The number of carboxylic acids is 1. The fraction of sp³-hybridized carbons (Fsp3) is 0.231. The summed E-state index contributed by atoms with van der Waals surface area (Å²) in [6.45, 7) is 2.44. The smallest absolute Gasteiger partial charge is 0.356 e. The lowest BCUT2D eigenvalue weighted by Gasteiger charge is -2.09. The van der Waals surface area contributed by atoms with Crippen LogP contribution in [0.5, 0.6) is 17.5 Å². The van der Waals surface area contributed by atoms with Gasteiger partial charge in [0.15, 0.2) is 17.2 Å². The van der Waals surface area contributed by atoms with Crippen LogP contribution in [0, 0.1) is 0 Å². The number of aromatic carboxylic acids is 1. The minimum atomic E-state index is -1.09. The molecule has 1 N–H and O–H groups in total. The molecule has 0 unspecified atom stereocenters. The molecule has 0 aliphatic rings. The number of carboxylic acid groups (broad SMARTS) is 1. The Morgan fingerprint density at radius 2 is 2.05 bits per heavy atom. The average Bonchev–Trinajstić information content (AvgIpc) is 2.82. The number of hydrogen-bond acceptors (Lipinski definition) is 4. The molecule has 0 saturated heterocycles. The van der Waals surface area contributed by atoms with Crippen LogP contribution in [-0.2, 0) is 6.54 Å². The Labute approximate surface area is 110 Å². The molecule has 100 valence electrons. The highest BCUT2D eigenvalue weighted by Crippen LogP contribution is 2.30. The van der Waals surface area contributed by atoms with Crippen molar-refractivity contribution in [1.82, 2.24) is 9.55 Å². The lowest BCUT2D eigenvalue weighted by Crippen LogP contribution is -1.98. The van der Waals surface area contributed by atoms with E-state index in [1.165, 1.54) is 13.3 Å². The standard InChI is InChI=1S/C13H14N2O4/c1-3-15-8-9(12(16)17)14-13(15)19-11-7-5-4-6-10(11)18-2/h4-8H,3H2,1-2H3,(H,16,17). The number of nitrogens with zero attached hydrogens (tertiary/aromatic N) is 2. The van der Waals surface area contributed by atoms with Crippen molar-refractivity contribution in [1.29, 1.82) is 0 Å². The van der Waals surface area contributed by atoms with E-state index in [1.54, 1.807) is 22.8 Å². The molecule has 0 amide bonds. The highest BCUT2D eigenvalue weighted by Gasteiger charge is 2.15. The third-order valence-corrected chi connectivity index (χ3v) is 2.57. The maximum Gasteiger partial charge on any atom is 0.356 e. The average molecular weight is 262 g/mol. The van der Waals surface area contributed by atoms with E-state index >= 15 is 0 Å². The molecule has 0 saturated carbocycles. The van der Waals surface area contributed by atoms with Crippen molar-refractivity contribution in [2.75, 3.05) is 7.11 Å². The van der Waals surface area contributed by atoms with E-state index in [0.29, 0.717) is 18.0 Å². The van der Waals surface area contributed by atoms with Crippen LogP contribution in [-0.4, -0.2) is 27.7 Å². The predicted octanol–water partition coefficient (Wildman–Crippen LogP) is 2.40. The molecule has 6 nitrogen and oxygen atoms in total. The molecular formula is C13H14N2O4. The maximum atomic E-state index is 10.9. The van der Waals surface area contributed by atoms with Crippen LogP contribution in [0.2, 0.25) is 0 Å². The van der Waals surface area contributed by atoms with Crippen molar-refractivity contribution >= 4 is 5.97 Å². The zero-order valence-corrected chi connectivity index (χ0v) is 10.7. The minimum Gasteiger partial charge on any atom is -0.493 e. The molecule has 0 aliphatic heterocycles. The molecule has 0 spiro atoms. The van der Waals surface area contributed by atoms with E-state index in [0.717, 1.165) is 0 Å². The number of rotatable bonds is 5. The highest BCUT2D eigenvalue weighted by atomic mass is 16.5. The van der Waals surface area contributed by atoms with Crippen molar-refractivity contribution in [2.45, 2.75) is 13.5 Å². The van der Waals surface area contributed by atoms with Crippen LogP contribution in [0.15, 0.2) is 30.5 Å². The second-order valence-electron chi connectivity index (χ2n) is 3.75. The van der Waals surface area contributed by atoms with Crippen LogP contribution >= 0.6 is 0 Å². The largest absolute Gasteiger partial charge is 0.493 e. The first-order chi connectivity index (χ1) is 9.15. The van der Waals surface area contributed by atoms with Gasteiger partial charge in [-0.1, -0.05) is 12.1 Å². The van der Waals surface area contributed by atoms with Gasteiger partial charge in [0.1, 0.15) is 0 Å². The molecule has 2 aromatic rings.